The van der Waals surface area contributed by atoms with E-state index in [1.54, 1.807) is 32.4 Å². The Hall–Kier alpha value is -2.89. The SMILES string of the molecule is COc1ccc(C(C)NC(=O)c2ccc3c(c2)OCO3)cc1OC. The van der Waals surface area contributed by atoms with Crippen LogP contribution in [0.3, 0.4) is 0 Å². The van der Waals surface area contributed by atoms with E-state index in [1.165, 1.54) is 0 Å². The summed E-state index contributed by atoms with van der Waals surface area (Å²) in [5.41, 5.74) is 1.44. The molecule has 24 heavy (non-hydrogen) atoms. The highest BCUT2D eigenvalue weighted by Gasteiger charge is 2.18. The van der Waals surface area contributed by atoms with Gasteiger partial charge in [-0.25, -0.2) is 0 Å². The number of methoxy groups -OCH3 is 2. The number of carbonyl (C=O) groups excluding carboxylic acids is 1. The van der Waals surface area contributed by atoms with Gasteiger partial charge < -0.3 is 24.3 Å². The summed E-state index contributed by atoms with van der Waals surface area (Å²) in [6.45, 7) is 2.09. The Morgan fingerprint density at radius 2 is 1.79 bits per heavy atom. The Kier molecular flexibility index (Phi) is 4.46. The summed E-state index contributed by atoms with van der Waals surface area (Å²) in [5.74, 6) is 2.33. The Labute approximate surface area is 140 Å². The van der Waals surface area contributed by atoms with Crippen molar-refractivity contribution < 1.29 is 23.7 Å². The molecule has 6 heteroatoms. The zero-order chi connectivity index (χ0) is 17.1. The van der Waals surface area contributed by atoms with Crippen molar-refractivity contribution in [2.75, 3.05) is 21.0 Å². The third-order valence-electron chi connectivity index (χ3n) is 3.89. The fraction of sp³-hybridized carbons (Fsp3) is 0.278. The minimum Gasteiger partial charge on any atom is -0.493 e. The molecule has 0 aliphatic carbocycles. The van der Waals surface area contributed by atoms with Crippen LogP contribution in [0.1, 0.15) is 28.9 Å². The lowest BCUT2D eigenvalue weighted by atomic mass is 10.1. The van der Waals surface area contributed by atoms with Gasteiger partial charge in [0.15, 0.2) is 23.0 Å². The number of ether oxygens (including phenoxy) is 4. The van der Waals surface area contributed by atoms with Crippen LogP contribution in [0.5, 0.6) is 23.0 Å². The number of nitrogens with one attached hydrogen (secondary N) is 1. The molecule has 0 radical (unpaired) electrons. The molecule has 1 heterocycles. The average molecular weight is 329 g/mol. The van der Waals surface area contributed by atoms with Crippen molar-refractivity contribution in [1.82, 2.24) is 5.32 Å². The first-order chi connectivity index (χ1) is 11.6. The van der Waals surface area contributed by atoms with Gasteiger partial charge in [0, 0.05) is 5.56 Å². The molecule has 3 rings (SSSR count). The van der Waals surface area contributed by atoms with Gasteiger partial charge in [-0.15, -0.1) is 0 Å². The third-order valence-corrected chi connectivity index (χ3v) is 3.89. The molecule has 0 saturated heterocycles. The van der Waals surface area contributed by atoms with Crippen molar-refractivity contribution in [2.45, 2.75) is 13.0 Å². The van der Waals surface area contributed by atoms with Crippen molar-refractivity contribution in [3.05, 3.63) is 47.5 Å². The minimum absolute atomic E-state index is 0.183. The highest BCUT2D eigenvalue weighted by atomic mass is 16.7. The summed E-state index contributed by atoms with van der Waals surface area (Å²) in [7, 11) is 3.17. The molecule has 126 valence electrons. The summed E-state index contributed by atoms with van der Waals surface area (Å²) in [6.07, 6.45) is 0. The second kappa shape index (κ2) is 6.70. The first kappa shape index (κ1) is 16.0. The quantitative estimate of drug-likeness (QED) is 0.913. The maximum atomic E-state index is 12.4. The predicted molar refractivity (Wildman–Crippen MR) is 88.0 cm³/mol. The second-order valence-corrected chi connectivity index (χ2v) is 5.38. The molecular formula is C18H19NO5. The normalized spacial score (nSPS) is 13.3. The molecule has 0 spiro atoms. The molecule has 1 N–H and O–H groups in total. The van der Waals surface area contributed by atoms with Gasteiger partial charge in [-0.2, -0.15) is 0 Å². The van der Waals surface area contributed by atoms with Crippen LogP contribution in [0.2, 0.25) is 0 Å². The highest BCUT2D eigenvalue weighted by molar-refractivity contribution is 5.95. The van der Waals surface area contributed by atoms with Crippen LogP contribution < -0.4 is 24.3 Å². The minimum atomic E-state index is -0.192. The van der Waals surface area contributed by atoms with E-state index in [-0.39, 0.29) is 18.7 Å². The summed E-state index contributed by atoms with van der Waals surface area (Å²) in [6, 6.07) is 10.5. The zero-order valence-electron chi connectivity index (χ0n) is 13.8. The van der Waals surface area contributed by atoms with E-state index in [1.807, 2.05) is 25.1 Å². The molecule has 1 amide bonds. The lowest BCUT2D eigenvalue weighted by Crippen LogP contribution is -2.26. The van der Waals surface area contributed by atoms with E-state index in [0.29, 0.717) is 28.6 Å². The Morgan fingerprint density at radius 1 is 1.04 bits per heavy atom. The number of rotatable bonds is 5. The molecule has 0 saturated carbocycles. The fourth-order valence-electron chi connectivity index (χ4n) is 2.52. The van der Waals surface area contributed by atoms with Crippen molar-refractivity contribution >= 4 is 5.91 Å². The molecule has 2 aromatic rings. The summed E-state index contributed by atoms with van der Waals surface area (Å²) < 4.78 is 21.1. The van der Waals surface area contributed by atoms with Gasteiger partial charge >= 0.3 is 0 Å². The van der Waals surface area contributed by atoms with Crippen LogP contribution in [0.25, 0.3) is 0 Å². The molecule has 6 nitrogen and oxygen atoms in total. The lowest BCUT2D eigenvalue weighted by molar-refractivity contribution is 0.0939. The molecule has 1 unspecified atom stereocenters. The number of benzene rings is 2. The van der Waals surface area contributed by atoms with Crippen molar-refractivity contribution in [3.8, 4) is 23.0 Å². The maximum absolute atomic E-state index is 12.4. The Morgan fingerprint density at radius 3 is 2.54 bits per heavy atom. The standard InChI is InChI=1S/C18H19NO5/c1-11(12-4-6-14(21-2)16(8-12)22-3)19-18(20)13-5-7-15-17(9-13)24-10-23-15/h4-9,11H,10H2,1-3H3,(H,19,20). The van der Waals surface area contributed by atoms with Gasteiger partial charge in [-0.1, -0.05) is 6.07 Å². The summed E-state index contributed by atoms with van der Waals surface area (Å²) >= 11 is 0. The topological polar surface area (TPSA) is 66.0 Å². The molecule has 1 atom stereocenters. The van der Waals surface area contributed by atoms with Crippen LogP contribution in [0.15, 0.2) is 36.4 Å². The van der Waals surface area contributed by atoms with Crippen LogP contribution >= 0.6 is 0 Å². The molecule has 2 aromatic carbocycles. The number of amides is 1. The van der Waals surface area contributed by atoms with E-state index in [9.17, 15) is 4.79 Å². The van der Waals surface area contributed by atoms with Crippen molar-refractivity contribution in [1.29, 1.82) is 0 Å². The van der Waals surface area contributed by atoms with Gasteiger partial charge in [0.05, 0.1) is 20.3 Å². The van der Waals surface area contributed by atoms with E-state index in [0.717, 1.165) is 5.56 Å². The molecular weight excluding hydrogens is 310 g/mol. The molecule has 0 fully saturated rings. The Bertz CT molecular complexity index is 759. The summed E-state index contributed by atoms with van der Waals surface area (Å²) in [5, 5.41) is 2.96. The average Bonchev–Trinajstić information content (AvgIpc) is 3.08. The first-order valence-electron chi connectivity index (χ1n) is 7.55. The van der Waals surface area contributed by atoms with Crippen LogP contribution in [0, 0.1) is 0 Å². The molecule has 1 aliphatic rings. The predicted octanol–water partition coefficient (Wildman–Crippen LogP) is 2.92. The molecule has 1 aliphatic heterocycles. The second-order valence-electron chi connectivity index (χ2n) is 5.38. The van der Waals surface area contributed by atoms with Crippen molar-refractivity contribution in [3.63, 3.8) is 0 Å². The molecule has 0 aromatic heterocycles. The van der Waals surface area contributed by atoms with Gasteiger partial charge in [0.1, 0.15) is 0 Å². The van der Waals surface area contributed by atoms with E-state index < -0.39 is 0 Å². The number of hydrogen-bond donors (Lipinski definition) is 1. The largest absolute Gasteiger partial charge is 0.493 e. The number of carbonyl (C=O) groups is 1. The Balaban J connectivity index is 1.74. The molecule has 0 bridgehead atoms. The van der Waals surface area contributed by atoms with Gasteiger partial charge in [-0.05, 0) is 42.8 Å². The fourth-order valence-corrected chi connectivity index (χ4v) is 2.52. The smallest absolute Gasteiger partial charge is 0.251 e. The van der Waals surface area contributed by atoms with E-state index in [2.05, 4.69) is 5.32 Å². The van der Waals surface area contributed by atoms with Crippen molar-refractivity contribution in [2.24, 2.45) is 0 Å². The lowest BCUT2D eigenvalue weighted by Gasteiger charge is -2.16. The monoisotopic (exact) mass is 329 g/mol. The van der Waals surface area contributed by atoms with E-state index >= 15 is 0 Å². The van der Waals surface area contributed by atoms with Gasteiger partial charge in [0.2, 0.25) is 6.79 Å². The summed E-state index contributed by atoms with van der Waals surface area (Å²) in [4.78, 5) is 12.4. The number of hydrogen-bond acceptors (Lipinski definition) is 5. The third kappa shape index (κ3) is 3.08. The maximum Gasteiger partial charge on any atom is 0.251 e. The van der Waals surface area contributed by atoms with Crippen LogP contribution in [-0.4, -0.2) is 26.9 Å². The van der Waals surface area contributed by atoms with Gasteiger partial charge in [0.25, 0.3) is 5.91 Å². The first-order valence-corrected chi connectivity index (χ1v) is 7.55. The van der Waals surface area contributed by atoms with Crippen LogP contribution in [0.4, 0.5) is 0 Å². The zero-order valence-corrected chi connectivity index (χ0v) is 13.8. The highest BCUT2D eigenvalue weighted by Crippen LogP contribution is 2.33. The van der Waals surface area contributed by atoms with Crippen LogP contribution in [-0.2, 0) is 0 Å². The number of fused-ring (bicyclic) bond motifs is 1. The van der Waals surface area contributed by atoms with Gasteiger partial charge in [-0.3, -0.25) is 4.79 Å². The van der Waals surface area contributed by atoms with E-state index in [4.69, 9.17) is 18.9 Å².